The number of hydrazone groups is 1. The first-order chi connectivity index (χ1) is 19.9. The van der Waals surface area contributed by atoms with Gasteiger partial charge in [0.1, 0.15) is 12.4 Å². The molecule has 228 valence electrons. The molecule has 1 aromatic rings. The largest absolute Gasteiger partial charge is 0.483 e. The maximum Gasteiger partial charge on any atom is 0.331 e. The zero-order valence-electron chi connectivity index (χ0n) is 24.3. The van der Waals surface area contributed by atoms with Crippen molar-refractivity contribution in [2.75, 3.05) is 13.2 Å². The van der Waals surface area contributed by atoms with Crippen molar-refractivity contribution in [2.45, 2.75) is 88.9 Å². The fourth-order valence-electron chi connectivity index (χ4n) is 9.53. The van der Waals surface area contributed by atoms with Gasteiger partial charge in [0.15, 0.2) is 6.61 Å². The third-order valence-electron chi connectivity index (χ3n) is 11.6. The zero-order chi connectivity index (χ0) is 29.9. The number of halogens is 1. The molecule has 5 unspecified atom stereocenters. The van der Waals surface area contributed by atoms with Gasteiger partial charge in [-0.15, -0.1) is 0 Å². The standard InChI is InChI=1S/C32H41ClN2O7/c1-19-13-21(33)3-4-26(19)41-17-27(37)35-34-18-30-10-5-22(36)15-31(30,39)11-7-25-24(30)6-9-29(2)23(8-12-32(25,29)40)20-14-28(38)42-16-20/h3-4,13-14,18,22-25,36,39-40H,5-12,15-17H2,1-2H3,(H,35,37)/b34-18+/t22-,23?,24+,25-,29?,30?,31?,32?/m1/s1. The molecule has 4 aliphatic carbocycles. The molecule has 42 heavy (non-hydrogen) atoms. The lowest BCUT2D eigenvalue weighted by Gasteiger charge is -2.65. The van der Waals surface area contributed by atoms with Gasteiger partial charge in [0.2, 0.25) is 0 Å². The van der Waals surface area contributed by atoms with E-state index in [4.69, 9.17) is 21.1 Å². The Kier molecular flexibility index (Phi) is 7.48. The van der Waals surface area contributed by atoms with Crippen molar-refractivity contribution < 1.29 is 34.4 Å². The van der Waals surface area contributed by atoms with E-state index >= 15 is 0 Å². The summed E-state index contributed by atoms with van der Waals surface area (Å²) < 4.78 is 10.9. The molecule has 1 heterocycles. The predicted molar refractivity (Wildman–Crippen MR) is 156 cm³/mol. The van der Waals surface area contributed by atoms with Crippen LogP contribution >= 0.6 is 11.6 Å². The SMILES string of the molecule is Cc1cc(Cl)ccc1OCC(=O)N/N=C/C12CC[C@@H](O)CC1(O)CC[C@@H]1[C@@H]2CCC2(C)C(C3=CC(=O)OC3)CCC12O. The van der Waals surface area contributed by atoms with E-state index in [0.29, 0.717) is 49.5 Å². The molecule has 4 saturated carbocycles. The fourth-order valence-corrected chi connectivity index (χ4v) is 9.76. The highest BCUT2D eigenvalue weighted by Gasteiger charge is 2.71. The molecule has 9 nitrogen and oxygen atoms in total. The summed E-state index contributed by atoms with van der Waals surface area (Å²) in [6, 6.07) is 5.17. The quantitative estimate of drug-likeness (QED) is 0.221. The van der Waals surface area contributed by atoms with Gasteiger partial charge in [-0.3, -0.25) is 4.79 Å². The van der Waals surface area contributed by atoms with Gasteiger partial charge in [-0.1, -0.05) is 18.5 Å². The summed E-state index contributed by atoms with van der Waals surface area (Å²) in [7, 11) is 0. The Bertz CT molecular complexity index is 1330. The van der Waals surface area contributed by atoms with Crippen molar-refractivity contribution in [2.24, 2.45) is 33.7 Å². The molecule has 5 aliphatic rings. The van der Waals surface area contributed by atoms with Gasteiger partial charge in [0.25, 0.3) is 5.91 Å². The normalized spacial score (nSPS) is 41.0. The van der Waals surface area contributed by atoms with Crippen LogP contribution in [0.25, 0.3) is 0 Å². The first-order valence-corrected chi connectivity index (χ1v) is 15.5. The number of nitrogens with zero attached hydrogens (tertiary/aromatic N) is 1. The highest BCUT2D eigenvalue weighted by Crippen LogP contribution is 2.70. The number of esters is 1. The van der Waals surface area contributed by atoms with Crippen molar-refractivity contribution in [3.05, 3.63) is 40.4 Å². The molecule has 0 radical (unpaired) electrons. The number of aliphatic hydroxyl groups is 3. The van der Waals surface area contributed by atoms with Crippen molar-refractivity contribution in [3.8, 4) is 5.75 Å². The first kappa shape index (κ1) is 29.6. The number of carbonyl (C=O) groups excluding carboxylic acids is 2. The van der Waals surface area contributed by atoms with Crippen LogP contribution < -0.4 is 10.2 Å². The molecule has 1 aromatic carbocycles. The zero-order valence-corrected chi connectivity index (χ0v) is 25.0. The van der Waals surface area contributed by atoms with Crippen molar-refractivity contribution >= 4 is 29.7 Å². The number of aryl methyl sites for hydroxylation is 1. The molecule has 0 bridgehead atoms. The second-order valence-corrected chi connectivity index (χ2v) is 13.9. The Labute approximate surface area is 251 Å². The lowest BCUT2D eigenvalue weighted by Crippen LogP contribution is -2.68. The molecule has 1 amide bonds. The van der Waals surface area contributed by atoms with Gasteiger partial charge in [0, 0.05) is 34.6 Å². The summed E-state index contributed by atoms with van der Waals surface area (Å²) in [5.74, 6) is -0.290. The topological polar surface area (TPSA) is 138 Å². The number of rotatable bonds is 6. The maximum atomic E-state index is 12.7. The molecule has 1 aliphatic heterocycles. The van der Waals surface area contributed by atoms with E-state index in [0.717, 1.165) is 30.4 Å². The molecule has 6 rings (SSSR count). The Morgan fingerprint density at radius 2 is 1.95 bits per heavy atom. The highest BCUT2D eigenvalue weighted by atomic mass is 35.5. The van der Waals surface area contributed by atoms with Crippen LogP contribution in [-0.2, 0) is 14.3 Å². The van der Waals surface area contributed by atoms with E-state index in [1.807, 2.05) is 6.92 Å². The van der Waals surface area contributed by atoms with Crippen LogP contribution in [0.1, 0.15) is 70.3 Å². The number of benzene rings is 1. The van der Waals surface area contributed by atoms with Crippen LogP contribution in [0.15, 0.2) is 34.9 Å². The summed E-state index contributed by atoms with van der Waals surface area (Å²) in [5.41, 5.74) is 0.974. The second kappa shape index (κ2) is 10.6. The molecule has 0 saturated heterocycles. The number of cyclic esters (lactones) is 1. The average Bonchev–Trinajstić information content (AvgIpc) is 3.48. The van der Waals surface area contributed by atoms with Gasteiger partial charge in [-0.2, -0.15) is 5.10 Å². The summed E-state index contributed by atoms with van der Waals surface area (Å²) >= 11 is 6.01. The molecule has 4 N–H and O–H groups in total. The summed E-state index contributed by atoms with van der Waals surface area (Å²) in [4.78, 5) is 24.5. The summed E-state index contributed by atoms with van der Waals surface area (Å²) in [6.45, 7) is 4.06. The van der Waals surface area contributed by atoms with Gasteiger partial charge in [-0.25, -0.2) is 10.2 Å². The van der Waals surface area contributed by atoms with E-state index in [2.05, 4.69) is 17.5 Å². The minimum Gasteiger partial charge on any atom is -0.483 e. The lowest BCUT2D eigenvalue weighted by molar-refractivity contribution is -0.237. The van der Waals surface area contributed by atoms with E-state index in [1.54, 1.807) is 30.5 Å². The number of hydrogen-bond donors (Lipinski definition) is 4. The van der Waals surface area contributed by atoms with Crippen molar-refractivity contribution in [1.29, 1.82) is 0 Å². The monoisotopic (exact) mass is 600 g/mol. The highest BCUT2D eigenvalue weighted by molar-refractivity contribution is 6.30. The van der Waals surface area contributed by atoms with E-state index in [9.17, 15) is 24.9 Å². The van der Waals surface area contributed by atoms with E-state index < -0.39 is 34.0 Å². The number of aliphatic hydroxyl groups excluding tert-OH is 1. The van der Waals surface area contributed by atoms with Gasteiger partial charge >= 0.3 is 5.97 Å². The lowest BCUT2D eigenvalue weighted by atomic mass is 9.41. The van der Waals surface area contributed by atoms with Crippen LogP contribution in [0.5, 0.6) is 5.75 Å². The Hall–Kier alpha value is -2.46. The van der Waals surface area contributed by atoms with Crippen LogP contribution in [-0.4, -0.2) is 63.9 Å². The second-order valence-electron chi connectivity index (χ2n) is 13.5. The summed E-state index contributed by atoms with van der Waals surface area (Å²) in [5, 5.41) is 40.2. The average molecular weight is 601 g/mol. The number of fused-ring (bicyclic) bond motifs is 5. The third kappa shape index (κ3) is 4.59. The van der Waals surface area contributed by atoms with Crippen molar-refractivity contribution in [1.82, 2.24) is 5.43 Å². The maximum absolute atomic E-state index is 12.7. The Balaban J connectivity index is 1.23. The third-order valence-corrected chi connectivity index (χ3v) is 11.9. The summed E-state index contributed by atoms with van der Waals surface area (Å²) in [6.07, 6.45) is 7.91. The Morgan fingerprint density at radius 3 is 2.69 bits per heavy atom. The van der Waals surface area contributed by atoms with Crippen LogP contribution in [0.4, 0.5) is 0 Å². The molecule has 0 aromatic heterocycles. The fraction of sp³-hybridized carbons (Fsp3) is 0.656. The smallest absolute Gasteiger partial charge is 0.331 e. The first-order valence-electron chi connectivity index (χ1n) is 15.1. The van der Waals surface area contributed by atoms with E-state index in [-0.39, 0.29) is 36.8 Å². The molecule has 8 atom stereocenters. The van der Waals surface area contributed by atoms with Crippen LogP contribution in [0, 0.1) is 35.5 Å². The molecular weight excluding hydrogens is 560 g/mol. The minimum atomic E-state index is -1.20. The van der Waals surface area contributed by atoms with Crippen molar-refractivity contribution in [3.63, 3.8) is 0 Å². The van der Waals surface area contributed by atoms with Crippen LogP contribution in [0.3, 0.4) is 0 Å². The molecule has 0 spiro atoms. The van der Waals surface area contributed by atoms with Gasteiger partial charge in [0.05, 0.1) is 17.3 Å². The van der Waals surface area contributed by atoms with Crippen LogP contribution in [0.2, 0.25) is 5.02 Å². The predicted octanol–water partition coefficient (Wildman–Crippen LogP) is 3.84. The number of amides is 1. The Morgan fingerprint density at radius 1 is 1.17 bits per heavy atom. The molecular formula is C32H41ClN2O7. The van der Waals surface area contributed by atoms with E-state index in [1.165, 1.54) is 0 Å². The van der Waals surface area contributed by atoms with Gasteiger partial charge < -0.3 is 24.8 Å². The number of nitrogens with one attached hydrogen (secondary N) is 1. The van der Waals surface area contributed by atoms with Gasteiger partial charge in [-0.05, 0) is 105 Å². The number of hydrogen-bond acceptors (Lipinski definition) is 8. The molecule has 10 heteroatoms. The number of carbonyl (C=O) groups is 2. The minimum absolute atomic E-state index is 0.0667. The molecule has 4 fully saturated rings. The number of ether oxygens (including phenoxy) is 2.